The van der Waals surface area contributed by atoms with E-state index >= 15 is 0 Å². The van der Waals surface area contributed by atoms with Crippen LogP contribution in [0.4, 0.5) is 5.13 Å². The molecule has 0 aliphatic carbocycles. The number of hydrogen-bond donors (Lipinski definition) is 0. The number of carbonyl (C=O) groups excluding carboxylic acids is 1. The molecule has 3 rings (SSSR count). The average Bonchev–Trinajstić information content (AvgIpc) is 3.20. The van der Waals surface area contributed by atoms with Gasteiger partial charge in [-0.05, 0) is 65.2 Å². The summed E-state index contributed by atoms with van der Waals surface area (Å²) in [7, 11) is 4.08. The van der Waals surface area contributed by atoms with Crippen LogP contribution >= 0.6 is 27.3 Å². The summed E-state index contributed by atoms with van der Waals surface area (Å²) in [5, 5.41) is 5.16. The first-order valence-electron chi connectivity index (χ1n) is 8.96. The molecule has 0 spiro atoms. The predicted octanol–water partition coefficient (Wildman–Crippen LogP) is 4.18. The number of fused-ring (bicyclic) bond motifs is 1. The molecule has 0 unspecified atom stereocenters. The van der Waals surface area contributed by atoms with E-state index < -0.39 is 0 Å². The van der Waals surface area contributed by atoms with Crippen molar-refractivity contribution >= 4 is 48.5 Å². The highest BCUT2D eigenvalue weighted by molar-refractivity contribution is 9.10. The molecule has 0 saturated heterocycles. The fourth-order valence-corrected chi connectivity index (χ4v) is 4.47. The number of carbonyl (C=O) groups is 1. The van der Waals surface area contributed by atoms with E-state index in [-0.39, 0.29) is 5.91 Å². The maximum atomic E-state index is 13.4. The Bertz CT molecular complexity index is 949. The molecule has 2 heterocycles. The normalized spacial score (nSPS) is 11.5. The van der Waals surface area contributed by atoms with Crippen LogP contribution in [-0.4, -0.2) is 52.8 Å². The van der Waals surface area contributed by atoms with Gasteiger partial charge in [0.15, 0.2) is 5.13 Å². The summed E-state index contributed by atoms with van der Waals surface area (Å²) >= 11 is 5.05. The van der Waals surface area contributed by atoms with Crippen LogP contribution in [0.15, 0.2) is 28.7 Å². The highest BCUT2D eigenvalue weighted by Gasteiger charge is 2.24. The van der Waals surface area contributed by atoms with Crippen LogP contribution in [0.25, 0.3) is 10.2 Å². The van der Waals surface area contributed by atoms with Gasteiger partial charge in [-0.15, -0.1) is 0 Å². The minimum Gasteiger partial charge on any atom is -0.309 e. The number of amides is 1. The Hall–Kier alpha value is -1.77. The van der Waals surface area contributed by atoms with Crippen molar-refractivity contribution in [2.45, 2.75) is 26.8 Å². The van der Waals surface area contributed by atoms with Gasteiger partial charge in [-0.25, -0.2) is 4.98 Å². The Labute approximate surface area is 171 Å². The molecular weight excluding hydrogens is 426 g/mol. The molecule has 0 saturated carbocycles. The smallest absolute Gasteiger partial charge is 0.278 e. The van der Waals surface area contributed by atoms with Crippen molar-refractivity contribution in [2.75, 3.05) is 32.1 Å². The molecule has 1 aromatic carbocycles. The van der Waals surface area contributed by atoms with Crippen molar-refractivity contribution in [1.29, 1.82) is 0 Å². The van der Waals surface area contributed by atoms with Crippen LogP contribution in [-0.2, 0) is 6.54 Å². The highest BCUT2D eigenvalue weighted by atomic mass is 79.9. The van der Waals surface area contributed by atoms with Gasteiger partial charge in [-0.1, -0.05) is 27.3 Å². The molecule has 2 aromatic heterocycles. The summed E-state index contributed by atoms with van der Waals surface area (Å²) in [6.07, 6.45) is 0.873. The largest absolute Gasteiger partial charge is 0.309 e. The summed E-state index contributed by atoms with van der Waals surface area (Å²) < 4.78 is 3.83. The lowest BCUT2D eigenvalue weighted by Gasteiger charge is -2.21. The maximum absolute atomic E-state index is 13.4. The lowest BCUT2D eigenvalue weighted by molar-refractivity contribution is 0.0975. The number of aryl methyl sites for hydroxylation is 2. The van der Waals surface area contributed by atoms with Gasteiger partial charge in [0, 0.05) is 17.6 Å². The van der Waals surface area contributed by atoms with Crippen LogP contribution in [0.2, 0.25) is 0 Å². The van der Waals surface area contributed by atoms with Crippen molar-refractivity contribution in [3.8, 4) is 0 Å². The molecule has 0 N–H and O–H groups in total. The Morgan fingerprint density at radius 3 is 2.74 bits per heavy atom. The van der Waals surface area contributed by atoms with Gasteiger partial charge < -0.3 is 4.90 Å². The molecule has 144 valence electrons. The van der Waals surface area contributed by atoms with Gasteiger partial charge in [-0.2, -0.15) is 5.10 Å². The third-order valence-corrected chi connectivity index (χ3v) is 5.76. The van der Waals surface area contributed by atoms with Gasteiger partial charge in [0.1, 0.15) is 5.69 Å². The molecule has 0 bridgehead atoms. The van der Waals surface area contributed by atoms with Crippen molar-refractivity contribution in [2.24, 2.45) is 0 Å². The Kier molecular flexibility index (Phi) is 6.29. The minimum atomic E-state index is -0.0469. The molecule has 8 heteroatoms. The third kappa shape index (κ3) is 4.56. The standard InChI is InChI=1S/C19H24BrN5OS/c1-5-25-16(11-13(2)22-25)18(26)24(10-6-9-23(3)4)19-21-15-8-7-14(20)12-17(15)27-19/h7-8,11-12H,5-6,9-10H2,1-4H3. The molecule has 0 aliphatic heterocycles. The third-order valence-electron chi connectivity index (χ3n) is 4.22. The average molecular weight is 450 g/mol. The van der Waals surface area contributed by atoms with Crippen molar-refractivity contribution in [3.63, 3.8) is 0 Å². The molecular formula is C19H24BrN5OS. The Balaban J connectivity index is 1.97. The van der Waals surface area contributed by atoms with E-state index in [1.807, 2.05) is 52.2 Å². The zero-order chi connectivity index (χ0) is 19.6. The lowest BCUT2D eigenvalue weighted by atomic mass is 10.3. The second-order valence-electron chi connectivity index (χ2n) is 6.71. The summed E-state index contributed by atoms with van der Waals surface area (Å²) in [6, 6.07) is 7.84. The highest BCUT2D eigenvalue weighted by Crippen LogP contribution is 2.31. The van der Waals surface area contributed by atoms with E-state index in [0.717, 1.165) is 38.5 Å². The number of anilines is 1. The van der Waals surface area contributed by atoms with Crippen molar-refractivity contribution in [1.82, 2.24) is 19.7 Å². The number of thiazole rings is 1. The molecule has 3 aromatic rings. The number of hydrogen-bond acceptors (Lipinski definition) is 5. The van der Waals surface area contributed by atoms with Gasteiger partial charge in [0.25, 0.3) is 5.91 Å². The zero-order valence-corrected chi connectivity index (χ0v) is 18.5. The molecule has 0 aliphatic rings. The second kappa shape index (κ2) is 8.50. The van der Waals surface area contributed by atoms with E-state index in [2.05, 4.69) is 25.9 Å². The molecule has 0 atom stereocenters. The SMILES string of the molecule is CCn1nc(C)cc1C(=O)N(CCCN(C)C)c1nc2ccc(Br)cc2s1. The summed E-state index contributed by atoms with van der Waals surface area (Å²) in [4.78, 5) is 22.0. The van der Waals surface area contributed by atoms with Gasteiger partial charge in [0.05, 0.1) is 15.9 Å². The number of nitrogens with zero attached hydrogens (tertiary/aromatic N) is 5. The van der Waals surface area contributed by atoms with Crippen LogP contribution in [0.1, 0.15) is 29.5 Å². The van der Waals surface area contributed by atoms with Crippen LogP contribution in [0.3, 0.4) is 0 Å². The maximum Gasteiger partial charge on any atom is 0.278 e. The first-order chi connectivity index (χ1) is 12.9. The summed E-state index contributed by atoms with van der Waals surface area (Å²) in [5.41, 5.74) is 2.37. The molecule has 0 fully saturated rings. The van der Waals surface area contributed by atoms with E-state index in [4.69, 9.17) is 4.98 Å². The minimum absolute atomic E-state index is 0.0469. The van der Waals surface area contributed by atoms with Gasteiger partial charge >= 0.3 is 0 Å². The molecule has 1 amide bonds. The number of rotatable bonds is 7. The van der Waals surface area contributed by atoms with Gasteiger partial charge in [0.2, 0.25) is 0 Å². The predicted molar refractivity (Wildman–Crippen MR) is 115 cm³/mol. The fourth-order valence-electron chi connectivity index (χ4n) is 2.93. The molecule has 27 heavy (non-hydrogen) atoms. The second-order valence-corrected chi connectivity index (χ2v) is 8.63. The van der Waals surface area contributed by atoms with Crippen molar-refractivity contribution < 1.29 is 4.79 Å². The number of halogens is 1. The summed E-state index contributed by atoms with van der Waals surface area (Å²) in [6.45, 7) is 6.09. The zero-order valence-electron chi connectivity index (χ0n) is 16.1. The van der Waals surface area contributed by atoms with E-state index in [1.165, 1.54) is 0 Å². The topological polar surface area (TPSA) is 54.3 Å². The monoisotopic (exact) mass is 449 g/mol. The Morgan fingerprint density at radius 1 is 1.26 bits per heavy atom. The Morgan fingerprint density at radius 2 is 2.04 bits per heavy atom. The first kappa shape index (κ1) is 20.0. The van der Waals surface area contributed by atoms with Crippen LogP contribution in [0.5, 0.6) is 0 Å². The van der Waals surface area contributed by atoms with Crippen LogP contribution < -0.4 is 4.90 Å². The number of benzene rings is 1. The van der Waals surface area contributed by atoms with E-state index in [9.17, 15) is 4.79 Å². The lowest BCUT2D eigenvalue weighted by Crippen LogP contribution is -2.34. The van der Waals surface area contributed by atoms with Crippen LogP contribution in [0, 0.1) is 6.92 Å². The molecule has 6 nitrogen and oxygen atoms in total. The quantitative estimate of drug-likeness (QED) is 0.542. The number of aromatic nitrogens is 3. The summed E-state index contributed by atoms with van der Waals surface area (Å²) in [5.74, 6) is -0.0469. The molecule has 0 radical (unpaired) electrons. The first-order valence-corrected chi connectivity index (χ1v) is 10.6. The van der Waals surface area contributed by atoms with E-state index in [0.29, 0.717) is 18.8 Å². The van der Waals surface area contributed by atoms with Crippen molar-refractivity contribution in [3.05, 3.63) is 40.1 Å². The fraction of sp³-hybridized carbons (Fsp3) is 0.421. The van der Waals surface area contributed by atoms with Gasteiger partial charge in [-0.3, -0.25) is 14.4 Å². The van der Waals surface area contributed by atoms with E-state index in [1.54, 1.807) is 20.9 Å².